The van der Waals surface area contributed by atoms with E-state index in [1.807, 2.05) is 12.1 Å². The molecule has 6 nitrogen and oxygen atoms in total. The smallest absolute Gasteiger partial charge is 0.218 e. The summed E-state index contributed by atoms with van der Waals surface area (Å²) in [6.45, 7) is 4.68. The van der Waals surface area contributed by atoms with Gasteiger partial charge in [0.05, 0.1) is 4.90 Å². The summed E-state index contributed by atoms with van der Waals surface area (Å²) < 4.78 is 23.6. The van der Waals surface area contributed by atoms with Crippen LogP contribution in [0.25, 0.3) is 0 Å². The van der Waals surface area contributed by atoms with Crippen molar-refractivity contribution in [3.05, 3.63) is 46.7 Å². The Morgan fingerprint density at radius 3 is 2.41 bits per heavy atom. The van der Waals surface area contributed by atoms with Gasteiger partial charge in [-0.05, 0) is 66.4 Å². The number of rotatable bonds is 8. The van der Waals surface area contributed by atoms with Crippen molar-refractivity contribution in [3.63, 3.8) is 0 Å². The van der Waals surface area contributed by atoms with Gasteiger partial charge in [0.1, 0.15) is 0 Å². The summed E-state index contributed by atoms with van der Waals surface area (Å²) in [7, 11) is -3.21. The highest BCUT2D eigenvalue weighted by Crippen LogP contribution is 2.28. The van der Waals surface area contributed by atoms with E-state index in [4.69, 9.17) is 5.73 Å². The third kappa shape index (κ3) is 5.81. The van der Waals surface area contributed by atoms with Crippen LogP contribution in [0.15, 0.2) is 46.0 Å². The zero-order valence-corrected chi connectivity index (χ0v) is 18.6. The van der Waals surface area contributed by atoms with Crippen molar-refractivity contribution in [2.45, 2.75) is 49.7 Å². The highest BCUT2D eigenvalue weighted by atomic mass is 32.2. The topological polar surface area (TPSA) is 83.7 Å². The highest BCUT2D eigenvalue weighted by molar-refractivity contribution is 7.90. The maximum Gasteiger partial charge on any atom is 0.218 e. The fourth-order valence-corrected chi connectivity index (χ4v) is 5.24. The second-order valence-corrected chi connectivity index (χ2v) is 10.6. The van der Waals surface area contributed by atoms with Crippen LogP contribution in [0.3, 0.4) is 0 Å². The maximum absolute atomic E-state index is 11.8. The summed E-state index contributed by atoms with van der Waals surface area (Å²) >= 11 is 1.68. The number of anilines is 1. The fourth-order valence-electron chi connectivity index (χ4n) is 3.95. The molecule has 1 aliphatic heterocycles. The Bertz CT molecular complexity index is 903. The van der Waals surface area contributed by atoms with E-state index in [0.29, 0.717) is 17.4 Å². The predicted molar refractivity (Wildman–Crippen MR) is 118 cm³/mol. The molecule has 0 bridgehead atoms. The van der Waals surface area contributed by atoms with Crippen LogP contribution in [0.1, 0.15) is 31.7 Å². The van der Waals surface area contributed by atoms with Gasteiger partial charge in [-0.3, -0.25) is 9.69 Å². The van der Waals surface area contributed by atoms with Gasteiger partial charge in [0, 0.05) is 50.1 Å². The van der Waals surface area contributed by atoms with Crippen molar-refractivity contribution in [1.29, 1.82) is 0 Å². The first-order valence-electron chi connectivity index (χ1n) is 9.84. The van der Waals surface area contributed by atoms with Crippen molar-refractivity contribution in [1.82, 2.24) is 4.90 Å². The molecule has 0 unspecified atom stereocenters. The quantitative estimate of drug-likeness (QED) is 0.689. The van der Waals surface area contributed by atoms with E-state index in [9.17, 15) is 13.2 Å². The van der Waals surface area contributed by atoms with E-state index in [-0.39, 0.29) is 11.9 Å². The number of carbonyl (C=O) groups is 1. The maximum atomic E-state index is 11.8. The lowest BCUT2D eigenvalue weighted by Crippen LogP contribution is -2.48. The molecule has 2 heterocycles. The van der Waals surface area contributed by atoms with Crippen LogP contribution in [0.4, 0.5) is 5.69 Å². The number of hydrogen-bond acceptors (Lipinski definition) is 6. The minimum absolute atomic E-state index is 0.160. The SMILES string of the molecule is C[C@H](CC(N)=O)N1CCC(N(Cc2ccsc2)c2ccc(S(C)(=O)=O)cc2)CC1. The van der Waals surface area contributed by atoms with Gasteiger partial charge in [-0.2, -0.15) is 11.3 Å². The van der Waals surface area contributed by atoms with Gasteiger partial charge in [0.25, 0.3) is 0 Å². The first-order chi connectivity index (χ1) is 13.7. The van der Waals surface area contributed by atoms with Gasteiger partial charge >= 0.3 is 0 Å². The van der Waals surface area contributed by atoms with Crippen LogP contribution in [-0.4, -0.2) is 50.7 Å². The normalized spacial score (nSPS) is 17.2. The van der Waals surface area contributed by atoms with E-state index in [2.05, 4.69) is 33.6 Å². The number of sulfone groups is 1. The van der Waals surface area contributed by atoms with Crippen molar-refractivity contribution < 1.29 is 13.2 Å². The monoisotopic (exact) mass is 435 g/mol. The highest BCUT2D eigenvalue weighted by Gasteiger charge is 2.28. The lowest BCUT2D eigenvalue weighted by Gasteiger charge is -2.41. The predicted octanol–water partition coefficient (Wildman–Crippen LogP) is 2.89. The molecule has 0 aliphatic carbocycles. The number of hydrogen-bond donors (Lipinski definition) is 1. The number of benzene rings is 1. The zero-order chi connectivity index (χ0) is 21.0. The van der Waals surface area contributed by atoms with Crippen LogP contribution < -0.4 is 10.6 Å². The fraction of sp³-hybridized carbons (Fsp3) is 0.476. The molecule has 0 spiro atoms. The van der Waals surface area contributed by atoms with Crippen molar-refractivity contribution >= 4 is 32.8 Å². The molecule has 0 radical (unpaired) electrons. The first kappa shape index (κ1) is 21.8. The molecule has 1 fully saturated rings. The molecule has 29 heavy (non-hydrogen) atoms. The zero-order valence-electron chi connectivity index (χ0n) is 17.0. The van der Waals surface area contributed by atoms with Gasteiger partial charge in [0.15, 0.2) is 9.84 Å². The Labute approximate surface area is 177 Å². The molecule has 158 valence electrons. The van der Waals surface area contributed by atoms with Crippen LogP contribution >= 0.6 is 11.3 Å². The summed E-state index contributed by atoms with van der Waals surface area (Å²) in [6, 6.07) is 9.84. The lowest BCUT2D eigenvalue weighted by atomic mass is 9.99. The molecule has 1 saturated heterocycles. The largest absolute Gasteiger partial charge is 0.370 e. The Hall–Kier alpha value is -1.90. The van der Waals surface area contributed by atoms with E-state index >= 15 is 0 Å². The Morgan fingerprint density at radius 2 is 1.90 bits per heavy atom. The number of thiophene rings is 1. The average molecular weight is 436 g/mol. The minimum Gasteiger partial charge on any atom is -0.370 e. The Morgan fingerprint density at radius 1 is 1.24 bits per heavy atom. The molecule has 0 saturated carbocycles. The molecule has 3 rings (SSSR count). The Balaban J connectivity index is 1.75. The van der Waals surface area contributed by atoms with Crippen molar-refractivity contribution in [3.8, 4) is 0 Å². The molecule has 1 aromatic carbocycles. The second kappa shape index (κ2) is 9.28. The van der Waals surface area contributed by atoms with Crippen LogP contribution in [0.5, 0.6) is 0 Å². The van der Waals surface area contributed by atoms with Crippen molar-refractivity contribution in [2.75, 3.05) is 24.2 Å². The number of nitrogens with two attached hydrogens (primary N) is 1. The molecule has 1 aliphatic rings. The third-order valence-corrected chi connectivity index (χ3v) is 7.45. The van der Waals surface area contributed by atoms with E-state index in [0.717, 1.165) is 38.2 Å². The first-order valence-corrected chi connectivity index (χ1v) is 12.7. The number of likely N-dealkylation sites (tertiary alicyclic amines) is 1. The molecule has 1 atom stereocenters. The molecule has 2 aromatic rings. The van der Waals surface area contributed by atoms with E-state index < -0.39 is 9.84 Å². The summed E-state index contributed by atoms with van der Waals surface area (Å²) in [6.07, 6.45) is 3.59. The molecule has 1 amide bonds. The minimum atomic E-state index is -3.21. The van der Waals surface area contributed by atoms with Crippen LogP contribution in [0, 0.1) is 0 Å². The summed E-state index contributed by atoms with van der Waals surface area (Å²) in [5.41, 5.74) is 7.65. The number of nitrogens with zero attached hydrogens (tertiary/aromatic N) is 2. The third-order valence-electron chi connectivity index (χ3n) is 5.59. The number of primary amides is 1. The number of carbonyl (C=O) groups excluding carboxylic acids is 1. The summed E-state index contributed by atoms with van der Waals surface area (Å²) in [4.78, 5) is 16.3. The second-order valence-electron chi connectivity index (χ2n) is 7.81. The van der Waals surface area contributed by atoms with Crippen molar-refractivity contribution in [2.24, 2.45) is 5.73 Å². The summed E-state index contributed by atoms with van der Waals surface area (Å²) in [5, 5.41) is 4.23. The van der Waals surface area contributed by atoms with E-state index in [1.54, 1.807) is 23.5 Å². The van der Waals surface area contributed by atoms with Gasteiger partial charge in [-0.1, -0.05) is 0 Å². The number of piperidine rings is 1. The molecule has 8 heteroatoms. The van der Waals surface area contributed by atoms with E-state index in [1.165, 1.54) is 11.8 Å². The van der Waals surface area contributed by atoms with Crippen LogP contribution in [0.2, 0.25) is 0 Å². The molecule has 1 aromatic heterocycles. The lowest BCUT2D eigenvalue weighted by molar-refractivity contribution is -0.119. The average Bonchev–Trinajstić information content (AvgIpc) is 3.18. The molecule has 2 N–H and O–H groups in total. The van der Waals surface area contributed by atoms with Gasteiger partial charge in [-0.25, -0.2) is 8.42 Å². The number of amides is 1. The standard InChI is InChI=1S/C21H29N3O3S2/c1-16(13-21(22)25)23-10-7-19(8-11-23)24(14-17-9-12-28-15-17)18-3-5-20(6-4-18)29(2,26)27/h3-6,9,12,15-16,19H,7-8,10-11,13-14H2,1-2H3,(H2,22,25)/t16-/m1/s1. The summed E-state index contributed by atoms with van der Waals surface area (Å²) in [5.74, 6) is -0.260. The van der Waals surface area contributed by atoms with Gasteiger partial charge in [0.2, 0.25) is 5.91 Å². The Kier molecular flexibility index (Phi) is 6.97. The van der Waals surface area contributed by atoms with Gasteiger partial charge in [-0.15, -0.1) is 0 Å². The molecular weight excluding hydrogens is 406 g/mol. The van der Waals surface area contributed by atoms with Crippen LogP contribution in [-0.2, 0) is 21.2 Å². The molecular formula is C21H29N3O3S2. The van der Waals surface area contributed by atoms with Gasteiger partial charge < -0.3 is 10.6 Å².